The summed E-state index contributed by atoms with van der Waals surface area (Å²) in [5, 5.41) is 3.74. The van der Waals surface area contributed by atoms with Crippen molar-refractivity contribution in [2.75, 3.05) is 6.54 Å². The van der Waals surface area contributed by atoms with E-state index >= 15 is 0 Å². The van der Waals surface area contributed by atoms with Gasteiger partial charge < -0.3 is 4.90 Å². The third kappa shape index (κ3) is 1.51. The van der Waals surface area contributed by atoms with Crippen molar-refractivity contribution >= 4 is 40.8 Å². The number of guanidine groups is 1. The molecular formula is C11H9Cl2N3O. The first-order valence-corrected chi connectivity index (χ1v) is 5.96. The van der Waals surface area contributed by atoms with Crippen LogP contribution in [0.5, 0.6) is 0 Å². The summed E-state index contributed by atoms with van der Waals surface area (Å²) in [4.78, 5) is 17.6. The maximum atomic E-state index is 11.4. The molecule has 2 aliphatic rings. The molecule has 2 heterocycles. The van der Waals surface area contributed by atoms with Crippen LogP contribution in [-0.4, -0.2) is 23.3 Å². The van der Waals surface area contributed by atoms with E-state index < -0.39 is 0 Å². The summed E-state index contributed by atoms with van der Waals surface area (Å²) >= 11 is 12.2. The van der Waals surface area contributed by atoms with Gasteiger partial charge in [-0.25, -0.2) is 4.99 Å². The van der Waals surface area contributed by atoms with Gasteiger partial charge in [0.2, 0.25) is 11.9 Å². The van der Waals surface area contributed by atoms with Crippen LogP contribution in [0, 0.1) is 0 Å². The highest BCUT2D eigenvalue weighted by atomic mass is 35.5. The average molecular weight is 270 g/mol. The second-order valence-corrected chi connectivity index (χ2v) is 4.87. The highest BCUT2D eigenvalue weighted by Crippen LogP contribution is 2.42. The van der Waals surface area contributed by atoms with Crippen LogP contribution in [0.1, 0.15) is 18.5 Å². The number of amides is 1. The molecule has 1 aromatic rings. The average Bonchev–Trinajstić information content (AvgIpc) is 2.65. The molecule has 0 aromatic heterocycles. The van der Waals surface area contributed by atoms with E-state index in [1.54, 1.807) is 6.07 Å². The molecule has 0 saturated carbocycles. The number of fused-ring (bicyclic) bond motifs is 2. The second-order valence-electron chi connectivity index (χ2n) is 4.08. The zero-order valence-electron chi connectivity index (χ0n) is 9.00. The largest absolute Gasteiger partial charge is 0.326 e. The number of aliphatic imine (C=N–C) groups is 1. The fourth-order valence-corrected chi connectivity index (χ4v) is 2.68. The predicted molar refractivity (Wildman–Crippen MR) is 66.8 cm³/mol. The van der Waals surface area contributed by atoms with Gasteiger partial charge >= 0.3 is 0 Å². The van der Waals surface area contributed by atoms with Gasteiger partial charge in [-0.15, -0.1) is 0 Å². The molecule has 17 heavy (non-hydrogen) atoms. The molecule has 3 rings (SSSR count). The lowest BCUT2D eigenvalue weighted by molar-refractivity contribution is -0.118. The molecule has 88 valence electrons. The molecule has 1 atom stereocenters. The fourth-order valence-electron chi connectivity index (χ4n) is 2.20. The number of hydrogen-bond acceptors (Lipinski definition) is 3. The van der Waals surface area contributed by atoms with Crippen molar-refractivity contribution in [2.24, 2.45) is 4.99 Å². The molecule has 6 heteroatoms. The Labute approximate surface area is 108 Å². The fraction of sp³-hybridized carbons (Fsp3) is 0.273. The van der Waals surface area contributed by atoms with Crippen LogP contribution >= 0.6 is 23.2 Å². The van der Waals surface area contributed by atoms with Gasteiger partial charge in [-0.1, -0.05) is 23.2 Å². The molecule has 0 radical (unpaired) electrons. The van der Waals surface area contributed by atoms with Crippen LogP contribution in [-0.2, 0) is 4.79 Å². The van der Waals surface area contributed by atoms with Gasteiger partial charge in [0.1, 0.15) is 6.54 Å². The number of carbonyl (C=O) groups excluding carboxylic acids is 1. The maximum Gasteiger partial charge on any atom is 0.246 e. The van der Waals surface area contributed by atoms with Crippen LogP contribution in [0.2, 0.25) is 10.0 Å². The minimum Gasteiger partial charge on any atom is -0.326 e. The monoisotopic (exact) mass is 269 g/mol. The van der Waals surface area contributed by atoms with Gasteiger partial charge in [0, 0.05) is 5.56 Å². The summed E-state index contributed by atoms with van der Waals surface area (Å²) in [7, 11) is 0. The molecule has 1 unspecified atom stereocenters. The number of nitrogens with one attached hydrogen (secondary N) is 1. The topological polar surface area (TPSA) is 44.7 Å². The molecule has 4 nitrogen and oxygen atoms in total. The Morgan fingerprint density at radius 2 is 2.24 bits per heavy atom. The number of halogens is 2. The highest BCUT2D eigenvalue weighted by Gasteiger charge is 2.35. The Hall–Kier alpha value is -1.26. The highest BCUT2D eigenvalue weighted by molar-refractivity contribution is 6.42. The molecule has 1 N–H and O–H groups in total. The van der Waals surface area contributed by atoms with E-state index in [2.05, 4.69) is 10.3 Å². The number of carbonyl (C=O) groups is 1. The first-order valence-electron chi connectivity index (χ1n) is 5.21. The van der Waals surface area contributed by atoms with Gasteiger partial charge in [0.05, 0.1) is 21.8 Å². The molecule has 1 aromatic carbocycles. The van der Waals surface area contributed by atoms with Crippen LogP contribution in [0.3, 0.4) is 0 Å². The van der Waals surface area contributed by atoms with E-state index in [0.29, 0.717) is 22.5 Å². The van der Waals surface area contributed by atoms with Crippen LogP contribution in [0.25, 0.3) is 0 Å². The van der Waals surface area contributed by atoms with E-state index in [-0.39, 0.29) is 11.9 Å². The van der Waals surface area contributed by atoms with Crippen molar-refractivity contribution in [3.8, 4) is 0 Å². The van der Waals surface area contributed by atoms with Crippen molar-refractivity contribution in [3.63, 3.8) is 0 Å². The maximum absolute atomic E-state index is 11.4. The molecule has 1 fully saturated rings. The molecule has 0 spiro atoms. The van der Waals surface area contributed by atoms with E-state index in [0.717, 1.165) is 11.3 Å². The molecule has 0 bridgehead atoms. The van der Waals surface area contributed by atoms with Crippen molar-refractivity contribution in [3.05, 3.63) is 27.7 Å². The lowest BCUT2D eigenvalue weighted by Gasteiger charge is -2.30. The van der Waals surface area contributed by atoms with E-state index in [4.69, 9.17) is 23.2 Å². The van der Waals surface area contributed by atoms with Gasteiger partial charge in [-0.3, -0.25) is 10.1 Å². The summed E-state index contributed by atoms with van der Waals surface area (Å²) in [6.07, 6.45) is 0. The van der Waals surface area contributed by atoms with Crippen LogP contribution in [0.15, 0.2) is 17.1 Å². The Kier molecular flexibility index (Phi) is 2.31. The minimum absolute atomic E-state index is 0.0114. The smallest absolute Gasteiger partial charge is 0.246 e. The molecule has 1 amide bonds. The first kappa shape index (κ1) is 10.9. The zero-order valence-corrected chi connectivity index (χ0v) is 10.5. The summed E-state index contributed by atoms with van der Waals surface area (Å²) in [5.74, 6) is 0.541. The van der Waals surface area contributed by atoms with E-state index in [1.807, 2.05) is 17.9 Å². The Balaban J connectivity index is 2.19. The Morgan fingerprint density at radius 3 is 3.00 bits per heavy atom. The van der Waals surface area contributed by atoms with Crippen molar-refractivity contribution in [2.45, 2.75) is 13.0 Å². The zero-order chi connectivity index (χ0) is 12.2. The molecule has 0 aliphatic carbocycles. The van der Waals surface area contributed by atoms with Crippen LogP contribution in [0.4, 0.5) is 5.69 Å². The summed E-state index contributed by atoms with van der Waals surface area (Å²) in [5.41, 5.74) is 1.64. The van der Waals surface area contributed by atoms with Crippen LogP contribution < -0.4 is 5.32 Å². The Bertz CT molecular complexity index is 556. The lowest BCUT2D eigenvalue weighted by atomic mass is 10.0. The molecule has 1 saturated heterocycles. The quantitative estimate of drug-likeness (QED) is 0.787. The molecular weight excluding hydrogens is 261 g/mol. The Morgan fingerprint density at radius 1 is 1.47 bits per heavy atom. The van der Waals surface area contributed by atoms with Crippen molar-refractivity contribution < 1.29 is 4.79 Å². The van der Waals surface area contributed by atoms with Crippen molar-refractivity contribution in [1.29, 1.82) is 0 Å². The molecule has 2 aliphatic heterocycles. The predicted octanol–water partition coefficient (Wildman–Crippen LogP) is 2.49. The lowest BCUT2D eigenvalue weighted by Crippen LogP contribution is -2.35. The summed E-state index contributed by atoms with van der Waals surface area (Å²) in [6.45, 7) is 2.29. The number of nitrogens with zero attached hydrogens (tertiary/aromatic N) is 2. The van der Waals surface area contributed by atoms with Gasteiger partial charge in [-0.05, 0) is 19.1 Å². The number of rotatable bonds is 0. The SMILES string of the molecule is CC1c2c(ccc(Cl)c2Cl)N=C2NC(=O)CN21. The van der Waals surface area contributed by atoms with Crippen molar-refractivity contribution in [1.82, 2.24) is 10.2 Å². The van der Waals surface area contributed by atoms with Gasteiger partial charge in [0.25, 0.3) is 0 Å². The normalized spacial score (nSPS) is 21.8. The third-order valence-corrected chi connectivity index (χ3v) is 3.88. The van der Waals surface area contributed by atoms with Gasteiger partial charge in [-0.2, -0.15) is 0 Å². The third-order valence-electron chi connectivity index (χ3n) is 3.06. The standard InChI is InChI=1S/C11H9Cl2N3O/c1-5-9-7(3-2-6(12)10(9)13)14-11-15-8(17)4-16(5)11/h2-3,5H,4H2,1H3,(H,14,15,17). The van der Waals surface area contributed by atoms with Gasteiger partial charge in [0.15, 0.2) is 0 Å². The second kappa shape index (κ2) is 3.62. The number of benzene rings is 1. The summed E-state index contributed by atoms with van der Waals surface area (Å²) in [6, 6.07) is 3.52. The minimum atomic E-state index is -0.0503. The number of hydrogen-bond donors (Lipinski definition) is 1. The first-order chi connectivity index (χ1) is 8.08. The summed E-state index contributed by atoms with van der Waals surface area (Å²) < 4.78 is 0. The van der Waals surface area contributed by atoms with E-state index in [1.165, 1.54) is 0 Å². The van der Waals surface area contributed by atoms with E-state index in [9.17, 15) is 4.79 Å².